The summed E-state index contributed by atoms with van der Waals surface area (Å²) < 4.78 is 5.65. The van der Waals surface area contributed by atoms with Crippen molar-refractivity contribution in [1.29, 1.82) is 0 Å². The zero-order valence-electron chi connectivity index (χ0n) is 8.88. The van der Waals surface area contributed by atoms with Crippen molar-refractivity contribution in [3.05, 3.63) is 35.0 Å². The second-order valence-corrected chi connectivity index (χ2v) is 4.31. The summed E-state index contributed by atoms with van der Waals surface area (Å²) in [7, 11) is 0. The third-order valence-electron chi connectivity index (χ3n) is 2.23. The van der Waals surface area contributed by atoms with Crippen LogP contribution in [0.4, 0.5) is 0 Å². The van der Waals surface area contributed by atoms with Gasteiger partial charge in [0.1, 0.15) is 5.76 Å². The topological polar surface area (TPSA) is 25.2 Å². The Morgan fingerprint density at radius 3 is 2.87 bits per heavy atom. The zero-order valence-corrected chi connectivity index (χ0v) is 9.64. The predicted molar refractivity (Wildman–Crippen MR) is 63.2 cm³/mol. The minimum absolute atomic E-state index is 0.452. The number of halogens is 1. The van der Waals surface area contributed by atoms with Crippen molar-refractivity contribution < 1.29 is 4.42 Å². The highest BCUT2D eigenvalue weighted by Crippen LogP contribution is 2.26. The predicted octanol–water partition coefficient (Wildman–Crippen LogP) is 3.58. The van der Waals surface area contributed by atoms with Crippen LogP contribution in [0, 0.1) is 0 Å². The average Bonchev–Trinajstić information content (AvgIpc) is 2.59. The number of benzene rings is 1. The van der Waals surface area contributed by atoms with Crippen LogP contribution in [-0.4, -0.2) is 6.04 Å². The van der Waals surface area contributed by atoms with Crippen LogP contribution in [-0.2, 0) is 6.54 Å². The van der Waals surface area contributed by atoms with E-state index >= 15 is 0 Å². The molecule has 2 aromatic rings. The third kappa shape index (κ3) is 2.33. The van der Waals surface area contributed by atoms with E-state index in [1.807, 2.05) is 24.3 Å². The van der Waals surface area contributed by atoms with Crippen LogP contribution in [0.1, 0.15) is 19.6 Å². The summed E-state index contributed by atoms with van der Waals surface area (Å²) in [6.45, 7) is 4.95. The second kappa shape index (κ2) is 4.25. The highest BCUT2D eigenvalue weighted by molar-refractivity contribution is 6.34. The van der Waals surface area contributed by atoms with Gasteiger partial charge in [0.15, 0.2) is 5.58 Å². The number of rotatable bonds is 3. The molecule has 0 unspecified atom stereocenters. The van der Waals surface area contributed by atoms with Gasteiger partial charge in [-0.1, -0.05) is 37.6 Å². The molecule has 0 saturated carbocycles. The molecule has 1 heterocycles. The molecule has 80 valence electrons. The number of hydrogen-bond donors (Lipinski definition) is 1. The van der Waals surface area contributed by atoms with E-state index in [9.17, 15) is 0 Å². The summed E-state index contributed by atoms with van der Waals surface area (Å²) in [6.07, 6.45) is 0. The number of hydrogen-bond acceptors (Lipinski definition) is 2. The van der Waals surface area contributed by atoms with Crippen LogP contribution >= 0.6 is 11.6 Å². The lowest BCUT2D eigenvalue weighted by atomic mass is 10.2. The van der Waals surface area contributed by atoms with Crippen molar-refractivity contribution >= 4 is 22.6 Å². The van der Waals surface area contributed by atoms with Crippen molar-refractivity contribution in [1.82, 2.24) is 5.32 Å². The zero-order chi connectivity index (χ0) is 10.8. The Labute approximate surface area is 94.2 Å². The monoisotopic (exact) mass is 223 g/mol. The van der Waals surface area contributed by atoms with E-state index in [1.165, 1.54) is 0 Å². The minimum atomic E-state index is 0.452. The number of para-hydroxylation sites is 1. The molecule has 0 atom stereocenters. The van der Waals surface area contributed by atoms with E-state index in [2.05, 4.69) is 19.2 Å². The normalized spacial score (nSPS) is 11.5. The molecular formula is C12H14ClNO. The Morgan fingerprint density at radius 1 is 1.40 bits per heavy atom. The molecule has 2 nitrogen and oxygen atoms in total. The Hall–Kier alpha value is -0.990. The highest BCUT2D eigenvalue weighted by atomic mass is 35.5. The Bertz CT molecular complexity index is 462. The van der Waals surface area contributed by atoms with Crippen LogP contribution in [0.3, 0.4) is 0 Å². The molecule has 0 fully saturated rings. The Balaban J connectivity index is 2.27. The van der Waals surface area contributed by atoms with Crippen LogP contribution in [0.2, 0.25) is 5.02 Å². The summed E-state index contributed by atoms with van der Waals surface area (Å²) in [5.74, 6) is 0.923. The van der Waals surface area contributed by atoms with Gasteiger partial charge in [0.05, 0.1) is 11.6 Å². The molecule has 1 N–H and O–H groups in total. The average molecular weight is 224 g/mol. The van der Waals surface area contributed by atoms with Crippen LogP contribution in [0.15, 0.2) is 28.7 Å². The minimum Gasteiger partial charge on any atom is -0.458 e. The van der Waals surface area contributed by atoms with Gasteiger partial charge in [0.25, 0.3) is 0 Å². The SMILES string of the molecule is CC(C)NCc1cc2cccc(Cl)c2o1. The van der Waals surface area contributed by atoms with Gasteiger partial charge in [0.2, 0.25) is 0 Å². The number of furan rings is 1. The molecule has 0 spiro atoms. The van der Waals surface area contributed by atoms with Gasteiger partial charge in [-0.15, -0.1) is 0 Å². The Kier molecular flexibility index (Phi) is 2.98. The van der Waals surface area contributed by atoms with Crippen LogP contribution in [0.5, 0.6) is 0 Å². The summed E-state index contributed by atoms with van der Waals surface area (Å²) in [5, 5.41) is 5.03. The molecule has 3 heteroatoms. The lowest BCUT2D eigenvalue weighted by molar-refractivity contribution is 0.488. The number of fused-ring (bicyclic) bond motifs is 1. The fourth-order valence-electron chi connectivity index (χ4n) is 1.47. The standard InChI is InChI=1S/C12H14ClNO/c1-8(2)14-7-10-6-9-4-3-5-11(13)12(9)15-10/h3-6,8,14H,7H2,1-2H3. The maximum atomic E-state index is 6.02. The quantitative estimate of drug-likeness (QED) is 0.861. The lowest BCUT2D eigenvalue weighted by Crippen LogP contribution is -2.21. The molecular weight excluding hydrogens is 210 g/mol. The van der Waals surface area contributed by atoms with E-state index in [0.29, 0.717) is 11.1 Å². The fraction of sp³-hybridized carbons (Fsp3) is 0.333. The molecule has 0 amide bonds. The maximum Gasteiger partial charge on any atom is 0.152 e. The molecule has 0 aliphatic heterocycles. The first-order chi connectivity index (χ1) is 7.16. The molecule has 1 aromatic heterocycles. The first-order valence-corrected chi connectivity index (χ1v) is 5.45. The first-order valence-electron chi connectivity index (χ1n) is 5.07. The van der Waals surface area contributed by atoms with Crippen molar-refractivity contribution in [2.75, 3.05) is 0 Å². The Morgan fingerprint density at radius 2 is 2.20 bits per heavy atom. The molecule has 0 aliphatic rings. The van der Waals surface area contributed by atoms with E-state index in [4.69, 9.17) is 16.0 Å². The van der Waals surface area contributed by atoms with Gasteiger partial charge < -0.3 is 9.73 Å². The summed E-state index contributed by atoms with van der Waals surface area (Å²) in [4.78, 5) is 0. The van der Waals surface area contributed by atoms with E-state index in [1.54, 1.807) is 0 Å². The maximum absolute atomic E-state index is 6.02. The number of nitrogens with one attached hydrogen (secondary N) is 1. The van der Waals surface area contributed by atoms with Gasteiger partial charge >= 0.3 is 0 Å². The highest BCUT2D eigenvalue weighted by Gasteiger charge is 2.06. The van der Waals surface area contributed by atoms with Gasteiger partial charge in [0, 0.05) is 11.4 Å². The van der Waals surface area contributed by atoms with E-state index < -0.39 is 0 Å². The van der Waals surface area contributed by atoms with Crippen molar-refractivity contribution in [2.24, 2.45) is 0 Å². The van der Waals surface area contributed by atoms with Gasteiger partial charge in [-0.25, -0.2) is 0 Å². The summed E-state index contributed by atoms with van der Waals surface area (Å²) in [5.41, 5.74) is 0.778. The molecule has 0 radical (unpaired) electrons. The van der Waals surface area contributed by atoms with Crippen LogP contribution < -0.4 is 5.32 Å². The van der Waals surface area contributed by atoms with Gasteiger partial charge in [-0.2, -0.15) is 0 Å². The largest absolute Gasteiger partial charge is 0.458 e. The van der Waals surface area contributed by atoms with Crippen molar-refractivity contribution in [3.8, 4) is 0 Å². The molecule has 0 saturated heterocycles. The van der Waals surface area contributed by atoms with E-state index in [0.717, 1.165) is 23.3 Å². The van der Waals surface area contributed by atoms with Gasteiger partial charge in [-0.3, -0.25) is 0 Å². The molecule has 0 bridgehead atoms. The smallest absolute Gasteiger partial charge is 0.152 e. The summed E-state index contributed by atoms with van der Waals surface area (Å²) in [6, 6.07) is 8.25. The lowest BCUT2D eigenvalue weighted by Gasteiger charge is -2.04. The second-order valence-electron chi connectivity index (χ2n) is 3.91. The molecule has 0 aliphatic carbocycles. The molecule has 15 heavy (non-hydrogen) atoms. The summed E-state index contributed by atoms with van der Waals surface area (Å²) >= 11 is 6.02. The fourth-order valence-corrected chi connectivity index (χ4v) is 1.69. The molecule has 1 aromatic carbocycles. The first kappa shape index (κ1) is 10.5. The molecule has 2 rings (SSSR count). The van der Waals surface area contributed by atoms with Crippen molar-refractivity contribution in [2.45, 2.75) is 26.4 Å². The van der Waals surface area contributed by atoms with Gasteiger partial charge in [-0.05, 0) is 12.1 Å². The van der Waals surface area contributed by atoms with E-state index in [-0.39, 0.29) is 0 Å². The van der Waals surface area contributed by atoms with Crippen molar-refractivity contribution in [3.63, 3.8) is 0 Å². The third-order valence-corrected chi connectivity index (χ3v) is 2.53. The van der Waals surface area contributed by atoms with Crippen LogP contribution in [0.25, 0.3) is 11.0 Å².